The Balaban J connectivity index is 2.86. The van der Waals surface area contributed by atoms with Gasteiger partial charge in [-0.1, -0.05) is 0 Å². The van der Waals surface area contributed by atoms with Gasteiger partial charge in [0.1, 0.15) is 5.82 Å². The molecule has 0 spiro atoms. The van der Waals surface area contributed by atoms with Crippen LogP contribution >= 0.6 is 0 Å². The van der Waals surface area contributed by atoms with Gasteiger partial charge in [0, 0.05) is 25.3 Å². The van der Waals surface area contributed by atoms with Crippen LogP contribution in [0.2, 0.25) is 0 Å². The van der Waals surface area contributed by atoms with Crippen molar-refractivity contribution in [2.45, 2.75) is 25.1 Å². The maximum absolute atomic E-state index is 13.4. The highest BCUT2D eigenvalue weighted by Crippen LogP contribution is 2.32. The molecule has 1 atom stereocenters. The number of nitrogens with two attached hydrogens (primary N) is 1. The number of ether oxygens (including phenoxy) is 1. The summed E-state index contributed by atoms with van der Waals surface area (Å²) in [6, 6.07) is 1.52. The van der Waals surface area contributed by atoms with E-state index in [0.717, 1.165) is 12.1 Å². The third-order valence-electron chi connectivity index (χ3n) is 2.59. The van der Waals surface area contributed by atoms with E-state index in [2.05, 4.69) is 0 Å². The summed E-state index contributed by atoms with van der Waals surface area (Å²) in [6.07, 6.45) is -3.56. The predicted molar refractivity (Wildman–Crippen MR) is 59.4 cm³/mol. The van der Waals surface area contributed by atoms with Crippen molar-refractivity contribution in [1.82, 2.24) is 0 Å². The molecule has 0 amide bonds. The van der Waals surface area contributed by atoms with E-state index in [1.54, 1.807) is 0 Å². The molecule has 1 aromatic carbocycles. The molecule has 0 saturated heterocycles. The van der Waals surface area contributed by atoms with Crippen molar-refractivity contribution in [3.05, 3.63) is 35.1 Å². The highest BCUT2D eigenvalue weighted by atomic mass is 19.4. The molecule has 0 aliphatic rings. The molecule has 0 bridgehead atoms. The van der Waals surface area contributed by atoms with Crippen molar-refractivity contribution in [2.75, 3.05) is 13.7 Å². The molecular weight excluding hydrogens is 250 g/mol. The Morgan fingerprint density at radius 1 is 1.33 bits per heavy atom. The lowest BCUT2D eigenvalue weighted by Gasteiger charge is -2.15. The standard InChI is InChI=1S/C12H15F4NO/c1-18-6-2-3-11(17)9-7-8(12(14,15)16)4-5-10(9)13/h4-5,7,11H,2-3,6,17H2,1H3. The van der Waals surface area contributed by atoms with Gasteiger partial charge in [0.15, 0.2) is 0 Å². The molecule has 1 rings (SSSR count). The van der Waals surface area contributed by atoms with E-state index in [1.807, 2.05) is 0 Å². The quantitative estimate of drug-likeness (QED) is 0.655. The molecule has 1 aromatic rings. The zero-order chi connectivity index (χ0) is 13.8. The Kier molecular flexibility index (Phi) is 5.10. The molecule has 0 aliphatic heterocycles. The van der Waals surface area contributed by atoms with Crippen LogP contribution in [0.15, 0.2) is 18.2 Å². The largest absolute Gasteiger partial charge is 0.416 e. The van der Waals surface area contributed by atoms with Crippen LogP contribution in [0.4, 0.5) is 17.6 Å². The minimum absolute atomic E-state index is 0.110. The summed E-state index contributed by atoms with van der Waals surface area (Å²) >= 11 is 0. The number of alkyl halides is 3. The van der Waals surface area contributed by atoms with Crippen LogP contribution in [0.5, 0.6) is 0 Å². The topological polar surface area (TPSA) is 35.2 Å². The molecule has 102 valence electrons. The van der Waals surface area contributed by atoms with Gasteiger partial charge >= 0.3 is 6.18 Å². The van der Waals surface area contributed by atoms with Gasteiger partial charge in [-0.15, -0.1) is 0 Å². The Hall–Kier alpha value is -1.14. The number of hydrogen-bond acceptors (Lipinski definition) is 2. The lowest BCUT2D eigenvalue weighted by Crippen LogP contribution is -2.15. The second-order valence-electron chi connectivity index (χ2n) is 3.98. The van der Waals surface area contributed by atoms with Gasteiger partial charge in [-0.2, -0.15) is 13.2 Å². The number of benzene rings is 1. The highest BCUT2D eigenvalue weighted by Gasteiger charge is 2.31. The van der Waals surface area contributed by atoms with Gasteiger partial charge in [0.25, 0.3) is 0 Å². The molecule has 1 unspecified atom stereocenters. The Morgan fingerprint density at radius 2 is 2.00 bits per heavy atom. The fourth-order valence-electron chi connectivity index (χ4n) is 1.61. The van der Waals surface area contributed by atoms with Gasteiger partial charge in [-0.05, 0) is 31.0 Å². The van der Waals surface area contributed by atoms with Crippen LogP contribution in [0.25, 0.3) is 0 Å². The van der Waals surface area contributed by atoms with Crippen molar-refractivity contribution >= 4 is 0 Å². The molecular formula is C12H15F4NO. The Labute approximate surface area is 103 Å². The van der Waals surface area contributed by atoms with Crippen molar-refractivity contribution in [2.24, 2.45) is 5.73 Å². The third-order valence-corrected chi connectivity index (χ3v) is 2.59. The van der Waals surface area contributed by atoms with E-state index >= 15 is 0 Å². The summed E-state index contributed by atoms with van der Waals surface area (Å²) < 4.78 is 55.7. The van der Waals surface area contributed by atoms with Gasteiger partial charge in [0.05, 0.1) is 5.56 Å². The molecule has 2 nitrogen and oxygen atoms in total. The monoisotopic (exact) mass is 265 g/mol. The summed E-state index contributed by atoms with van der Waals surface area (Å²) in [6.45, 7) is 0.439. The highest BCUT2D eigenvalue weighted by molar-refractivity contribution is 5.29. The van der Waals surface area contributed by atoms with Crippen LogP contribution in [-0.2, 0) is 10.9 Å². The molecule has 2 N–H and O–H groups in total. The fourth-order valence-corrected chi connectivity index (χ4v) is 1.61. The Bertz CT molecular complexity index is 392. The minimum atomic E-state index is -4.49. The van der Waals surface area contributed by atoms with Gasteiger partial charge in [-0.25, -0.2) is 4.39 Å². The smallest absolute Gasteiger partial charge is 0.385 e. The summed E-state index contributed by atoms with van der Waals surface area (Å²) in [5, 5.41) is 0. The van der Waals surface area contributed by atoms with Gasteiger partial charge in [0.2, 0.25) is 0 Å². The Morgan fingerprint density at radius 3 is 2.56 bits per heavy atom. The lowest BCUT2D eigenvalue weighted by atomic mass is 10.00. The van der Waals surface area contributed by atoms with Crippen LogP contribution in [-0.4, -0.2) is 13.7 Å². The van der Waals surface area contributed by atoms with Crippen molar-refractivity contribution in [1.29, 1.82) is 0 Å². The van der Waals surface area contributed by atoms with Crippen molar-refractivity contribution < 1.29 is 22.3 Å². The average Bonchev–Trinajstić information content (AvgIpc) is 2.28. The molecule has 18 heavy (non-hydrogen) atoms. The molecule has 0 aliphatic carbocycles. The molecule has 0 heterocycles. The van der Waals surface area contributed by atoms with E-state index in [9.17, 15) is 17.6 Å². The molecule has 0 saturated carbocycles. The van der Waals surface area contributed by atoms with E-state index < -0.39 is 23.6 Å². The van der Waals surface area contributed by atoms with Gasteiger partial charge in [-0.3, -0.25) is 0 Å². The minimum Gasteiger partial charge on any atom is -0.385 e. The molecule has 0 fully saturated rings. The molecule has 6 heteroatoms. The first-order valence-electron chi connectivity index (χ1n) is 5.47. The van der Waals surface area contributed by atoms with Crippen molar-refractivity contribution in [3.8, 4) is 0 Å². The first-order valence-corrected chi connectivity index (χ1v) is 5.47. The number of rotatable bonds is 5. The number of halogens is 4. The summed E-state index contributed by atoms with van der Waals surface area (Å²) in [7, 11) is 1.51. The fraction of sp³-hybridized carbons (Fsp3) is 0.500. The van der Waals surface area contributed by atoms with Crippen LogP contribution in [0, 0.1) is 5.82 Å². The zero-order valence-corrected chi connectivity index (χ0v) is 9.93. The number of hydrogen-bond donors (Lipinski definition) is 1. The van der Waals surface area contributed by atoms with E-state index in [0.29, 0.717) is 25.5 Å². The maximum atomic E-state index is 13.4. The molecule has 0 radical (unpaired) electrons. The normalized spacial score (nSPS) is 13.7. The second kappa shape index (κ2) is 6.15. The molecule has 0 aromatic heterocycles. The summed E-state index contributed by atoms with van der Waals surface area (Å²) in [5.74, 6) is -0.715. The number of methoxy groups -OCH3 is 1. The SMILES string of the molecule is COCCCC(N)c1cc(C(F)(F)F)ccc1F. The summed E-state index contributed by atoms with van der Waals surface area (Å²) in [5.41, 5.74) is 4.69. The lowest BCUT2D eigenvalue weighted by molar-refractivity contribution is -0.137. The predicted octanol–water partition coefficient (Wildman–Crippen LogP) is 3.27. The second-order valence-corrected chi connectivity index (χ2v) is 3.98. The maximum Gasteiger partial charge on any atom is 0.416 e. The zero-order valence-electron chi connectivity index (χ0n) is 9.93. The van der Waals surface area contributed by atoms with Gasteiger partial charge < -0.3 is 10.5 Å². The van der Waals surface area contributed by atoms with Crippen molar-refractivity contribution in [3.63, 3.8) is 0 Å². The van der Waals surface area contributed by atoms with E-state index in [-0.39, 0.29) is 5.56 Å². The summed E-state index contributed by atoms with van der Waals surface area (Å²) in [4.78, 5) is 0. The average molecular weight is 265 g/mol. The third kappa shape index (κ3) is 3.96. The van der Waals surface area contributed by atoms with Crippen LogP contribution < -0.4 is 5.73 Å². The first-order chi connectivity index (χ1) is 8.36. The van der Waals surface area contributed by atoms with Crippen LogP contribution in [0.3, 0.4) is 0 Å². The van der Waals surface area contributed by atoms with Crippen LogP contribution in [0.1, 0.15) is 30.0 Å². The van der Waals surface area contributed by atoms with E-state index in [4.69, 9.17) is 10.5 Å². The van der Waals surface area contributed by atoms with E-state index in [1.165, 1.54) is 7.11 Å². The first kappa shape index (κ1) is 14.9.